The molecule has 1 unspecified atom stereocenters. The van der Waals surface area contributed by atoms with Crippen molar-refractivity contribution in [1.82, 2.24) is 14.0 Å². The number of aryl methyl sites for hydroxylation is 1. The van der Waals surface area contributed by atoms with E-state index in [2.05, 4.69) is 4.90 Å². The number of fused-ring (bicyclic) bond motifs is 1. The van der Waals surface area contributed by atoms with Crippen LogP contribution in [0.1, 0.15) is 23.7 Å². The molecular formula is C23H22Cl3N3O3. The Balaban J connectivity index is 1.53. The van der Waals surface area contributed by atoms with E-state index in [1.807, 2.05) is 6.07 Å². The van der Waals surface area contributed by atoms with E-state index < -0.39 is 0 Å². The van der Waals surface area contributed by atoms with Gasteiger partial charge < -0.3 is 14.4 Å². The number of aliphatic hydroxyl groups excluding tert-OH is 1. The van der Waals surface area contributed by atoms with Crippen molar-refractivity contribution in [2.24, 2.45) is 7.05 Å². The number of hydrogen-bond acceptors (Lipinski definition) is 4. The summed E-state index contributed by atoms with van der Waals surface area (Å²) in [6.07, 6.45) is 4.13. The van der Waals surface area contributed by atoms with Gasteiger partial charge in [0.15, 0.2) is 0 Å². The van der Waals surface area contributed by atoms with Crippen molar-refractivity contribution in [2.45, 2.75) is 31.1 Å². The van der Waals surface area contributed by atoms with Crippen LogP contribution in [-0.2, 0) is 13.5 Å². The van der Waals surface area contributed by atoms with Crippen LogP contribution in [0.15, 0.2) is 47.5 Å². The molecule has 1 N–H and O–H groups in total. The first-order valence-electron chi connectivity index (χ1n) is 10.4. The van der Waals surface area contributed by atoms with Gasteiger partial charge >= 0.3 is 5.69 Å². The molecule has 9 heteroatoms. The Morgan fingerprint density at radius 2 is 1.91 bits per heavy atom. The summed E-state index contributed by atoms with van der Waals surface area (Å²) in [5, 5.41) is 11.7. The van der Waals surface area contributed by atoms with Gasteiger partial charge in [0.25, 0.3) is 0 Å². The quantitative estimate of drug-likeness (QED) is 0.589. The van der Waals surface area contributed by atoms with Gasteiger partial charge in [0, 0.05) is 54.2 Å². The second-order valence-corrected chi connectivity index (χ2v) is 9.63. The van der Waals surface area contributed by atoms with Crippen LogP contribution in [-0.4, -0.2) is 44.4 Å². The molecule has 32 heavy (non-hydrogen) atoms. The van der Waals surface area contributed by atoms with E-state index in [4.69, 9.17) is 39.5 Å². The van der Waals surface area contributed by atoms with Crippen LogP contribution in [0, 0.1) is 0 Å². The molecule has 3 aromatic rings. The number of ether oxygens (including phenoxy) is 1. The predicted octanol–water partition coefficient (Wildman–Crippen LogP) is 4.25. The van der Waals surface area contributed by atoms with Crippen LogP contribution < -0.4 is 10.4 Å². The third kappa shape index (κ3) is 3.84. The Morgan fingerprint density at radius 1 is 1.09 bits per heavy atom. The lowest BCUT2D eigenvalue weighted by atomic mass is 10.1. The van der Waals surface area contributed by atoms with Crippen molar-refractivity contribution in [3.05, 3.63) is 79.4 Å². The first kappa shape index (κ1) is 21.9. The second-order valence-electron chi connectivity index (χ2n) is 8.38. The lowest BCUT2D eigenvalue weighted by Crippen LogP contribution is -2.39. The molecule has 0 saturated carbocycles. The summed E-state index contributed by atoms with van der Waals surface area (Å²) >= 11 is 19.2. The number of aliphatic hydroxyl groups is 1. The molecule has 1 aliphatic carbocycles. The second kappa shape index (κ2) is 8.43. The fourth-order valence-electron chi connectivity index (χ4n) is 4.69. The maximum Gasteiger partial charge on any atom is 0.332 e. The van der Waals surface area contributed by atoms with Crippen LogP contribution in [0.4, 0.5) is 0 Å². The zero-order valence-corrected chi connectivity index (χ0v) is 19.6. The van der Waals surface area contributed by atoms with Gasteiger partial charge in [-0.2, -0.15) is 0 Å². The summed E-state index contributed by atoms with van der Waals surface area (Å²) in [5.41, 5.74) is 2.31. The van der Waals surface area contributed by atoms with Crippen molar-refractivity contribution in [2.75, 3.05) is 13.1 Å². The van der Waals surface area contributed by atoms with Crippen molar-refractivity contribution in [3.8, 4) is 11.4 Å². The van der Waals surface area contributed by atoms with Crippen molar-refractivity contribution in [3.63, 3.8) is 0 Å². The van der Waals surface area contributed by atoms with Gasteiger partial charge in [-0.3, -0.25) is 9.47 Å². The molecule has 6 nitrogen and oxygen atoms in total. The van der Waals surface area contributed by atoms with Gasteiger partial charge in [0.1, 0.15) is 11.9 Å². The Morgan fingerprint density at radius 3 is 2.59 bits per heavy atom. The molecule has 2 aliphatic rings. The average Bonchev–Trinajstić information content (AvgIpc) is 3.42. The summed E-state index contributed by atoms with van der Waals surface area (Å²) in [6, 6.07) is 8.95. The first-order chi connectivity index (χ1) is 15.3. The zero-order chi connectivity index (χ0) is 22.6. The topological polar surface area (TPSA) is 59.6 Å². The van der Waals surface area contributed by atoms with E-state index >= 15 is 0 Å². The molecule has 0 bridgehead atoms. The van der Waals surface area contributed by atoms with E-state index in [-0.39, 0.29) is 23.9 Å². The van der Waals surface area contributed by atoms with Crippen LogP contribution in [0.25, 0.3) is 5.69 Å². The van der Waals surface area contributed by atoms with Crippen LogP contribution in [0.3, 0.4) is 0 Å². The Hall–Kier alpha value is -1.96. The Labute approximate surface area is 200 Å². The molecular weight excluding hydrogens is 473 g/mol. The summed E-state index contributed by atoms with van der Waals surface area (Å²) < 4.78 is 9.48. The number of nitrogens with zero attached hydrogens (tertiary/aromatic N) is 3. The highest BCUT2D eigenvalue weighted by Crippen LogP contribution is 2.43. The molecule has 0 radical (unpaired) electrons. The number of hydrogen-bond donors (Lipinski definition) is 1. The molecule has 0 spiro atoms. The molecule has 168 valence electrons. The van der Waals surface area contributed by atoms with Crippen LogP contribution in [0.2, 0.25) is 15.1 Å². The fraction of sp³-hybridized carbons (Fsp3) is 0.348. The molecule has 1 fully saturated rings. The highest BCUT2D eigenvalue weighted by atomic mass is 35.5. The van der Waals surface area contributed by atoms with Crippen molar-refractivity contribution < 1.29 is 9.84 Å². The smallest absolute Gasteiger partial charge is 0.332 e. The van der Waals surface area contributed by atoms with E-state index in [9.17, 15) is 9.90 Å². The summed E-state index contributed by atoms with van der Waals surface area (Å²) in [7, 11) is 1.69. The predicted molar refractivity (Wildman–Crippen MR) is 126 cm³/mol. The van der Waals surface area contributed by atoms with Gasteiger partial charge in [-0.05, 0) is 42.7 Å². The van der Waals surface area contributed by atoms with Gasteiger partial charge in [-0.1, -0.05) is 34.8 Å². The standard InChI is InChI=1S/C23H22Cl3N3O3/c1-27-6-7-29(23(27)31)20-10-15(2-3-18(20)25)32-22-17-8-13(24)9-19(26)16(17)11-21(22)28-5-4-14(30)12-28/h2-3,6-10,14,21-22,30H,4-5,11-12H2,1H3/t14?,21-,22-/m0/s1. The van der Waals surface area contributed by atoms with Gasteiger partial charge in [-0.25, -0.2) is 4.79 Å². The number of imidazole rings is 1. The maximum absolute atomic E-state index is 12.4. The van der Waals surface area contributed by atoms with E-state index in [0.717, 1.165) is 24.1 Å². The number of β-amino-alcohol motifs (C(OH)–C–C–N with tert-alkyl or cyclic N) is 1. The van der Waals surface area contributed by atoms with Gasteiger partial charge in [-0.15, -0.1) is 0 Å². The Bertz CT molecular complexity index is 1240. The monoisotopic (exact) mass is 493 g/mol. The van der Waals surface area contributed by atoms with Gasteiger partial charge in [0.05, 0.1) is 22.9 Å². The maximum atomic E-state index is 12.4. The lowest BCUT2D eigenvalue weighted by molar-refractivity contribution is 0.0818. The van der Waals surface area contributed by atoms with Crippen LogP contribution >= 0.6 is 34.8 Å². The molecule has 1 aromatic heterocycles. The van der Waals surface area contributed by atoms with Gasteiger partial charge in [0.2, 0.25) is 0 Å². The third-order valence-electron chi connectivity index (χ3n) is 6.32. The average molecular weight is 495 g/mol. The minimum Gasteiger partial charge on any atom is -0.484 e. The fourth-order valence-corrected chi connectivity index (χ4v) is 5.49. The van der Waals surface area contributed by atoms with E-state index in [1.54, 1.807) is 43.7 Å². The lowest BCUT2D eigenvalue weighted by Gasteiger charge is -2.30. The zero-order valence-electron chi connectivity index (χ0n) is 17.3. The molecule has 0 amide bonds. The molecule has 1 aliphatic heterocycles. The van der Waals surface area contributed by atoms with Crippen LogP contribution in [0.5, 0.6) is 5.75 Å². The Kier molecular flexibility index (Phi) is 5.76. The highest BCUT2D eigenvalue weighted by molar-refractivity contribution is 6.35. The van der Waals surface area contributed by atoms with E-state index in [1.165, 1.54) is 9.13 Å². The number of likely N-dealkylation sites (tertiary alicyclic amines) is 1. The molecule has 5 rings (SSSR count). The number of aromatic nitrogens is 2. The molecule has 3 atom stereocenters. The molecule has 1 saturated heterocycles. The summed E-state index contributed by atoms with van der Waals surface area (Å²) in [5.74, 6) is 0.582. The minimum absolute atomic E-state index is 0.0108. The number of rotatable bonds is 4. The summed E-state index contributed by atoms with van der Waals surface area (Å²) in [6.45, 7) is 1.38. The van der Waals surface area contributed by atoms with Crippen molar-refractivity contribution >= 4 is 34.8 Å². The first-order valence-corrected chi connectivity index (χ1v) is 11.6. The van der Waals surface area contributed by atoms with Crippen molar-refractivity contribution in [1.29, 1.82) is 0 Å². The molecule has 2 aromatic carbocycles. The highest BCUT2D eigenvalue weighted by Gasteiger charge is 2.41. The molecule has 2 heterocycles. The normalized spacial score (nSPS) is 23.0. The third-order valence-corrected chi connectivity index (χ3v) is 7.19. The summed E-state index contributed by atoms with van der Waals surface area (Å²) in [4.78, 5) is 14.7. The largest absolute Gasteiger partial charge is 0.484 e. The minimum atomic E-state index is -0.342. The number of benzene rings is 2. The number of halogens is 3. The van der Waals surface area contributed by atoms with E-state index in [0.29, 0.717) is 39.5 Å². The SMILES string of the molecule is Cn1ccn(-c2cc(O[C@H]3c4cc(Cl)cc(Cl)c4C[C@@H]3N3CCC(O)C3)ccc2Cl)c1=O.